The molecule has 0 aliphatic heterocycles. The second kappa shape index (κ2) is 12.9. The van der Waals surface area contributed by atoms with E-state index in [1.165, 1.54) is 17.0 Å². The van der Waals surface area contributed by atoms with Crippen LogP contribution < -0.4 is 9.62 Å². The van der Waals surface area contributed by atoms with Gasteiger partial charge in [-0.2, -0.15) is 0 Å². The monoisotopic (exact) mass is 581 g/mol. The summed E-state index contributed by atoms with van der Waals surface area (Å²) in [6, 6.07) is 19.9. The molecule has 40 heavy (non-hydrogen) atoms. The van der Waals surface area contributed by atoms with E-state index in [2.05, 4.69) is 5.32 Å². The molecule has 2 amide bonds. The first kappa shape index (κ1) is 29.6. The van der Waals surface area contributed by atoms with E-state index in [4.69, 9.17) is 11.6 Å². The summed E-state index contributed by atoms with van der Waals surface area (Å²) < 4.78 is 29.1. The Balaban J connectivity index is 1.72. The van der Waals surface area contributed by atoms with Crippen molar-refractivity contribution < 1.29 is 18.0 Å². The van der Waals surface area contributed by atoms with Gasteiger partial charge in [-0.1, -0.05) is 73.0 Å². The lowest BCUT2D eigenvalue weighted by molar-refractivity contribution is -0.139. The van der Waals surface area contributed by atoms with E-state index in [9.17, 15) is 18.0 Å². The van der Waals surface area contributed by atoms with Crippen LogP contribution in [0.2, 0.25) is 5.02 Å². The number of hydrogen-bond donors (Lipinski definition) is 1. The van der Waals surface area contributed by atoms with Crippen LogP contribution in [0.1, 0.15) is 49.3 Å². The van der Waals surface area contributed by atoms with Gasteiger partial charge >= 0.3 is 0 Å². The third-order valence-corrected chi connectivity index (χ3v) is 9.55. The van der Waals surface area contributed by atoms with Crippen LogP contribution in [-0.2, 0) is 26.2 Å². The standard InChI is InChI=1S/C31H36ClN3O4S/c1-22-17-18-23(2)29(19-22)35(40(38,39)27-14-5-4-6-15-27)21-30(36)34(20-25-11-7-10-16-28(25)32)24(3)31(37)33-26-12-8-9-13-26/h4-7,10-11,14-19,24,26H,8-9,12-13,20-21H2,1-3H3,(H,33,37)/t24-/m0/s1. The Morgan fingerprint density at radius 2 is 1.62 bits per heavy atom. The number of carbonyl (C=O) groups excluding carboxylic acids is 2. The molecule has 0 spiro atoms. The molecule has 7 nitrogen and oxygen atoms in total. The molecular weight excluding hydrogens is 546 g/mol. The van der Waals surface area contributed by atoms with Gasteiger partial charge in [0.1, 0.15) is 12.6 Å². The molecule has 0 aromatic heterocycles. The minimum absolute atomic E-state index is 0.0593. The first-order chi connectivity index (χ1) is 19.1. The highest BCUT2D eigenvalue weighted by Crippen LogP contribution is 2.29. The van der Waals surface area contributed by atoms with Crippen LogP contribution >= 0.6 is 11.6 Å². The number of benzene rings is 3. The van der Waals surface area contributed by atoms with Crippen LogP contribution in [0.15, 0.2) is 77.7 Å². The Hall–Kier alpha value is -3.36. The minimum Gasteiger partial charge on any atom is -0.352 e. The first-order valence-electron chi connectivity index (χ1n) is 13.6. The molecule has 0 radical (unpaired) electrons. The summed E-state index contributed by atoms with van der Waals surface area (Å²) in [7, 11) is -4.11. The van der Waals surface area contributed by atoms with Crippen molar-refractivity contribution in [3.63, 3.8) is 0 Å². The lowest BCUT2D eigenvalue weighted by atomic mass is 10.1. The van der Waals surface area contributed by atoms with Crippen molar-refractivity contribution in [2.75, 3.05) is 10.8 Å². The van der Waals surface area contributed by atoms with E-state index >= 15 is 0 Å². The highest BCUT2D eigenvalue weighted by Gasteiger charge is 2.34. The minimum atomic E-state index is -4.11. The zero-order valence-corrected chi connectivity index (χ0v) is 24.7. The number of nitrogens with zero attached hydrogens (tertiary/aromatic N) is 2. The quantitative estimate of drug-likeness (QED) is 0.336. The van der Waals surface area contributed by atoms with Gasteiger partial charge in [0.15, 0.2) is 0 Å². The van der Waals surface area contributed by atoms with E-state index in [1.807, 2.05) is 32.0 Å². The van der Waals surface area contributed by atoms with Crippen molar-refractivity contribution in [2.24, 2.45) is 0 Å². The molecule has 1 N–H and O–H groups in total. The summed E-state index contributed by atoms with van der Waals surface area (Å²) >= 11 is 6.44. The fourth-order valence-electron chi connectivity index (χ4n) is 5.01. The Bertz CT molecular complexity index is 1460. The SMILES string of the molecule is Cc1ccc(C)c(N(CC(=O)N(Cc2ccccc2Cl)[C@@H](C)C(=O)NC2CCCC2)S(=O)(=O)c2ccccc2)c1. The maximum Gasteiger partial charge on any atom is 0.264 e. The number of anilines is 1. The van der Waals surface area contributed by atoms with Gasteiger partial charge in [0.2, 0.25) is 11.8 Å². The van der Waals surface area contributed by atoms with Crippen molar-refractivity contribution in [3.05, 3.63) is 94.5 Å². The molecular formula is C31H36ClN3O4S. The van der Waals surface area contributed by atoms with Gasteiger partial charge < -0.3 is 10.2 Å². The highest BCUT2D eigenvalue weighted by atomic mass is 35.5. The molecule has 1 aliphatic carbocycles. The number of aryl methyl sites for hydroxylation is 2. The van der Waals surface area contributed by atoms with E-state index in [0.29, 0.717) is 21.8 Å². The predicted molar refractivity (Wildman–Crippen MR) is 159 cm³/mol. The lowest BCUT2D eigenvalue weighted by Crippen LogP contribution is -2.52. The van der Waals surface area contributed by atoms with Crippen LogP contribution in [0.25, 0.3) is 0 Å². The van der Waals surface area contributed by atoms with E-state index in [-0.39, 0.29) is 23.4 Å². The topological polar surface area (TPSA) is 86.8 Å². The second-order valence-corrected chi connectivity index (χ2v) is 12.7. The van der Waals surface area contributed by atoms with Crippen molar-refractivity contribution in [3.8, 4) is 0 Å². The average molecular weight is 582 g/mol. The summed E-state index contributed by atoms with van der Waals surface area (Å²) in [6.07, 6.45) is 3.94. The molecule has 0 heterocycles. The summed E-state index contributed by atoms with van der Waals surface area (Å²) in [4.78, 5) is 28.9. The van der Waals surface area contributed by atoms with Crippen molar-refractivity contribution >= 4 is 39.1 Å². The van der Waals surface area contributed by atoms with Gasteiger partial charge in [-0.25, -0.2) is 8.42 Å². The lowest BCUT2D eigenvalue weighted by Gasteiger charge is -2.33. The van der Waals surface area contributed by atoms with Gasteiger partial charge in [0.25, 0.3) is 10.0 Å². The van der Waals surface area contributed by atoms with Crippen LogP contribution in [0.4, 0.5) is 5.69 Å². The fourth-order valence-corrected chi connectivity index (χ4v) is 6.69. The van der Waals surface area contributed by atoms with Gasteiger partial charge in [-0.15, -0.1) is 0 Å². The first-order valence-corrected chi connectivity index (χ1v) is 15.4. The van der Waals surface area contributed by atoms with E-state index in [0.717, 1.165) is 35.6 Å². The molecule has 1 fully saturated rings. The third-order valence-electron chi connectivity index (χ3n) is 7.41. The number of carbonyl (C=O) groups is 2. The molecule has 0 bridgehead atoms. The second-order valence-electron chi connectivity index (χ2n) is 10.4. The van der Waals surface area contributed by atoms with Crippen LogP contribution in [0, 0.1) is 13.8 Å². The Kier molecular flexibility index (Phi) is 9.53. The largest absolute Gasteiger partial charge is 0.352 e. The summed E-state index contributed by atoms with van der Waals surface area (Å²) in [5.74, 6) is -0.772. The number of hydrogen-bond acceptors (Lipinski definition) is 4. The summed E-state index contributed by atoms with van der Waals surface area (Å²) in [6.45, 7) is 4.94. The highest BCUT2D eigenvalue weighted by molar-refractivity contribution is 7.92. The fraction of sp³-hybridized carbons (Fsp3) is 0.355. The molecule has 3 aromatic rings. The zero-order chi connectivity index (χ0) is 28.9. The molecule has 9 heteroatoms. The molecule has 1 atom stereocenters. The molecule has 0 saturated heterocycles. The van der Waals surface area contributed by atoms with Crippen LogP contribution in [0.5, 0.6) is 0 Å². The molecule has 1 aliphatic rings. The van der Waals surface area contributed by atoms with E-state index < -0.39 is 28.5 Å². The molecule has 212 valence electrons. The summed E-state index contributed by atoms with van der Waals surface area (Å²) in [5, 5.41) is 3.54. The molecule has 1 saturated carbocycles. The van der Waals surface area contributed by atoms with Gasteiger partial charge in [0.05, 0.1) is 10.6 Å². The smallest absolute Gasteiger partial charge is 0.264 e. The maximum atomic E-state index is 14.1. The molecule has 3 aromatic carbocycles. The van der Waals surface area contributed by atoms with Crippen LogP contribution in [0.3, 0.4) is 0 Å². The van der Waals surface area contributed by atoms with E-state index in [1.54, 1.807) is 49.4 Å². The van der Waals surface area contributed by atoms with Gasteiger partial charge in [0, 0.05) is 17.6 Å². The predicted octanol–water partition coefficient (Wildman–Crippen LogP) is 5.63. The van der Waals surface area contributed by atoms with Crippen molar-refractivity contribution in [1.29, 1.82) is 0 Å². The van der Waals surface area contributed by atoms with Crippen molar-refractivity contribution in [2.45, 2.75) is 70.0 Å². The Morgan fingerprint density at radius 3 is 2.30 bits per heavy atom. The average Bonchev–Trinajstić information content (AvgIpc) is 3.45. The number of halogens is 1. The Labute approximate surface area is 242 Å². The van der Waals surface area contributed by atoms with Crippen LogP contribution in [-0.4, -0.2) is 43.8 Å². The van der Waals surface area contributed by atoms with Gasteiger partial charge in [-0.05, 0) is 74.6 Å². The van der Waals surface area contributed by atoms with Gasteiger partial charge in [-0.3, -0.25) is 13.9 Å². The molecule has 4 rings (SSSR count). The van der Waals surface area contributed by atoms with Crippen molar-refractivity contribution in [1.82, 2.24) is 10.2 Å². The normalized spacial score (nSPS) is 14.5. The zero-order valence-electron chi connectivity index (χ0n) is 23.1. The Morgan fingerprint density at radius 1 is 0.975 bits per heavy atom. The number of amides is 2. The third kappa shape index (κ3) is 6.85. The molecule has 0 unspecified atom stereocenters. The number of rotatable bonds is 10. The summed E-state index contributed by atoms with van der Waals surface area (Å²) in [5.41, 5.74) is 2.65. The number of sulfonamides is 1. The maximum absolute atomic E-state index is 14.1. The number of nitrogens with one attached hydrogen (secondary N) is 1.